The van der Waals surface area contributed by atoms with Crippen LogP contribution in [0.25, 0.3) is 10.9 Å². The summed E-state index contributed by atoms with van der Waals surface area (Å²) in [4.78, 5) is 14.8. The van der Waals surface area contributed by atoms with Crippen molar-refractivity contribution in [3.63, 3.8) is 0 Å². The van der Waals surface area contributed by atoms with Gasteiger partial charge in [-0.15, -0.1) is 10.2 Å². The predicted molar refractivity (Wildman–Crippen MR) is 138 cm³/mol. The second kappa shape index (κ2) is 9.24. The molecule has 36 heavy (non-hydrogen) atoms. The zero-order valence-corrected chi connectivity index (χ0v) is 21.4. The Kier molecular flexibility index (Phi) is 6.24. The van der Waals surface area contributed by atoms with Gasteiger partial charge in [0.1, 0.15) is 11.5 Å². The average Bonchev–Trinajstić information content (AvgIpc) is 3.24. The van der Waals surface area contributed by atoms with E-state index in [4.69, 9.17) is 9.47 Å². The number of aromatic hydroxyl groups is 1. The molecule has 190 valence electrons. The maximum Gasteiger partial charge on any atom is 0.302 e. The molecule has 2 fully saturated rings. The van der Waals surface area contributed by atoms with E-state index in [0.717, 1.165) is 23.9 Å². The minimum atomic E-state index is -0.537. The number of hydrogen-bond acceptors (Lipinski definition) is 6. The van der Waals surface area contributed by atoms with Gasteiger partial charge < -0.3 is 14.6 Å². The van der Waals surface area contributed by atoms with E-state index in [1.807, 2.05) is 28.8 Å². The Bertz CT molecular complexity index is 1300. The Morgan fingerprint density at radius 2 is 1.81 bits per heavy atom. The highest BCUT2D eigenvalue weighted by Gasteiger charge is 2.49. The number of azo groups is 1. The largest absolute Gasteiger partial charge is 0.497 e. The molecule has 1 amide bonds. The minimum absolute atomic E-state index is 0.0229. The number of amides is 1. The standard InChI is InChI=1S/C28H34N4O4/c1-27(2)13-19-14-28(3,16-27)17-31(19)18-32-23-8-6-5-7-22(23)25(26(32)34)30-29-24(33)15-36-21-11-9-20(35-4)10-12-21/h5-12,19,34H,13-18H2,1-4H3. The van der Waals surface area contributed by atoms with Crippen LogP contribution in [0.3, 0.4) is 0 Å². The van der Waals surface area contributed by atoms with Gasteiger partial charge in [-0.1, -0.05) is 39.0 Å². The second-order valence-electron chi connectivity index (χ2n) is 11.3. The summed E-state index contributed by atoms with van der Waals surface area (Å²) in [6.45, 7) is 8.43. The van der Waals surface area contributed by atoms with Gasteiger partial charge in [0.2, 0.25) is 5.88 Å². The van der Waals surface area contributed by atoms with Crippen LogP contribution in [0.15, 0.2) is 58.8 Å². The lowest BCUT2D eigenvalue weighted by Crippen LogP contribution is -2.35. The Morgan fingerprint density at radius 1 is 1.08 bits per heavy atom. The third-order valence-electron chi connectivity index (χ3n) is 7.45. The molecule has 2 heterocycles. The summed E-state index contributed by atoms with van der Waals surface area (Å²) in [6.07, 6.45) is 3.55. The fourth-order valence-electron chi connectivity index (χ4n) is 6.39. The first-order valence-electron chi connectivity index (χ1n) is 12.4. The number of likely N-dealkylation sites (tertiary alicyclic amines) is 1. The molecule has 2 unspecified atom stereocenters. The number of carbonyl (C=O) groups is 1. The van der Waals surface area contributed by atoms with Crippen molar-refractivity contribution in [3.8, 4) is 17.4 Å². The topological polar surface area (TPSA) is 88.6 Å². The minimum Gasteiger partial charge on any atom is -0.497 e. The summed E-state index contributed by atoms with van der Waals surface area (Å²) < 4.78 is 12.5. The molecular weight excluding hydrogens is 456 g/mol. The van der Waals surface area contributed by atoms with Crippen molar-refractivity contribution in [2.24, 2.45) is 21.1 Å². The first kappa shape index (κ1) is 24.3. The molecule has 1 aliphatic carbocycles. The molecule has 0 spiro atoms. The Hall–Kier alpha value is -3.39. The number of benzene rings is 2. The van der Waals surface area contributed by atoms with Crippen LogP contribution < -0.4 is 9.47 Å². The number of carbonyl (C=O) groups excluding carboxylic acids is 1. The quantitative estimate of drug-likeness (QED) is 0.416. The lowest BCUT2D eigenvalue weighted by Gasteiger charge is -2.40. The Labute approximate surface area is 211 Å². The molecule has 1 aliphatic heterocycles. The highest BCUT2D eigenvalue weighted by atomic mass is 16.5. The predicted octanol–water partition coefficient (Wildman–Crippen LogP) is 5.90. The molecule has 5 rings (SSSR count). The molecule has 2 aliphatic rings. The molecule has 2 bridgehead atoms. The van der Waals surface area contributed by atoms with Gasteiger partial charge in [0.15, 0.2) is 12.3 Å². The van der Waals surface area contributed by atoms with E-state index in [9.17, 15) is 9.90 Å². The summed E-state index contributed by atoms with van der Waals surface area (Å²) in [5, 5.41) is 19.9. The lowest BCUT2D eigenvalue weighted by atomic mass is 9.65. The van der Waals surface area contributed by atoms with Crippen LogP contribution >= 0.6 is 0 Å². The van der Waals surface area contributed by atoms with E-state index in [0.29, 0.717) is 40.7 Å². The normalized spacial score (nSPS) is 23.4. The average molecular weight is 491 g/mol. The smallest absolute Gasteiger partial charge is 0.302 e. The van der Waals surface area contributed by atoms with Gasteiger partial charge in [-0.2, -0.15) is 0 Å². The number of ether oxygens (including phenoxy) is 2. The highest BCUT2D eigenvalue weighted by molar-refractivity contribution is 5.95. The maximum atomic E-state index is 12.4. The SMILES string of the molecule is COc1ccc(OCC(=O)N=Nc2c(O)n(CN3CC4(C)CC3CC(C)(C)C4)c3ccccc23)cc1. The van der Waals surface area contributed by atoms with Crippen LogP contribution in [0.4, 0.5) is 5.69 Å². The molecule has 0 radical (unpaired) electrons. The van der Waals surface area contributed by atoms with E-state index >= 15 is 0 Å². The maximum absolute atomic E-state index is 12.4. The van der Waals surface area contributed by atoms with Crippen LogP contribution in [0.2, 0.25) is 0 Å². The van der Waals surface area contributed by atoms with Gasteiger partial charge in [-0.05, 0) is 60.4 Å². The molecule has 2 atom stereocenters. The summed E-state index contributed by atoms with van der Waals surface area (Å²) in [5.74, 6) is 0.724. The third kappa shape index (κ3) is 4.82. The van der Waals surface area contributed by atoms with Crippen molar-refractivity contribution in [1.82, 2.24) is 9.47 Å². The summed E-state index contributed by atoms with van der Waals surface area (Å²) in [5.41, 5.74) is 1.79. The van der Waals surface area contributed by atoms with Crippen molar-refractivity contribution < 1.29 is 19.4 Å². The van der Waals surface area contributed by atoms with Gasteiger partial charge in [0, 0.05) is 18.0 Å². The zero-order chi connectivity index (χ0) is 25.5. The fourth-order valence-corrected chi connectivity index (χ4v) is 6.39. The van der Waals surface area contributed by atoms with E-state index in [1.165, 1.54) is 12.8 Å². The first-order valence-corrected chi connectivity index (χ1v) is 12.4. The van der Waals surface area contributed by atoms with Crippen LogP contribution in [-0.2, 0) is 11.5 Å². The van der Waals surface area contributed by atoms with Crippen LogP contribution in [-0.4, -0.2) is 46.8 Å². The number of hydrogen-bond donors (Lipinski definition) is 1. The Morgan fingerprint density at radius 3 is 2.56 bits per heavy atom. The van der Waals surface area contributed by atoms with Crippen molar-refractivity contribution in [2.45, 2.75) is 52.7 Å². The fraction of sp³-hybridized carbons (Fsp3) is 0.464. The van der Waals surface area contributed by atoms with Gasteiger partial charge in [-0.3, -0.25) is 14.3 Å². The lowest BCUT2D eigenvalue weighted by molar-refractivity contribution is -0.120. The number of methoxy groups -OCH3 is 1. The number of para-hydroxylation sites is 1. The van der Waals surface area contributed by atoms with Crippen molar-refractivity contribution in [2.75, 3.05) is 20.3 Å². The van der Waals surface area contributed by atoms with Gasteiger partial charge >= 0.3 is 5.91 Å². The molecule has 1 aromatic heterocycles. The van der Waals surface area contributed by atoms with Gasteiger partial charge in [0.25, 0.3) is 0 Å². The molecular formula is C28H34N4O4. The summed E-state index contributed by atoms with van der Waals surface area (Å²) in [6, 6.07) is 15.1. The number of rotatable bonds is 7. The van der Waals surface area contributed by atoms with E-state index in [1.54, 1.807) is 31.4 Å². The number of fused-ring (bicyclic) bond motifs is 3. The molecule has 8 nitrogen and oxygen atoms in total. The molecule has 1 saturated carbocycles. The van der Waals surface area contributed by atoms with E-state index in [2.05, 4.69) is 35.9 Å². The van der Waals surface area contributed by atoms with E-state index < -0.39 is 5.91 Å². The second-order valence-corrected chi connectivity index (χ2v) is 11.3. The number of aromatic nitrogens is 1. The summed E-state index contributed by atoms with van der Waals surface area (Å²) >= 11 is 0. The Balaban J connectivity index is 1.33. The zero-order valence-electron chi connectivity index (χ0n) is 21.4. The van der Waals surface area contributed by atoms with Crippen molar-refractivity contribution >= 4 is 22.5 Å². The first-order chi connectivity index (χ1) is 17.2. The van der Waals surface area contributed by atoms with Gasteiger partial charge in [0.05, 0.1) is 19.3 Å². The molecule has 2 aromatic carbocycles. The van der Waals surface area contributed by atoms with Crippen LogP contribution in [0.1, 0.15) is 40.0 Å². The highest BCUT2D eigenvalue weighted by Crippen LogP contribution is 2.53. The molecule has 8 heteroatoms. The van der Waals surface area contributed by atoms with Crippen LogP contribution in [0, 0.1) is 10.8 Å². The number of nitrogens with zero attached hydrogens (tertiary/aromatic N) is 4. The molecule has 1 saturated heterocycles. The molecule has 3 aromatic rings. The van der Waals surface area contributed by atoms with Gasteiger partial charge in [-0.25, -0.2) is 0 Å². The molecule has 1 N–H and O–H groups in total. The van der Waals surface area contributed by atoms with Crippen molar-refractivity contribution in [1.29, 1.82) is 0 Å². The van der Waals surface area contributed by atoms with Crippen LogP contribution in [0.5, 0.6) is 17.4 Å². The van der Waals surface area contributed by atoms with E-state index in [-0.39, 0.29) is 12.5 Å². The summed E-state index contributed by atoms with van der Waals surface area (Å²) in [7, 11) is 1.59. The third-order valence-corrected chi connectivity index (χ3v) is 7.45. The van der Waals surface area contributed by atoms with Crippen molar-refractivity contribution in [3.05, 3.63) is 48.5 Å². The monoisotopic (exact) mass is 490 g/mol.